The first kappa shape index (κ1) is 18.4. The third kappa shape index (κ3) is 3.84. The van der Waals surface area contributed by atoms with Gasteiger partial charge in [-0.25, -0.2) is 0 Å². The van der Waals surface area contributed by atoms with Crippen LogP contribution in [0.15, 0.2) is 30.3 Å². The second-order valence-corrected chi connectivity index (χ2v) is 8.72. The van der Waals surface area contributed by atoms with Crippen LogP contribution in [0, 0.1) is 5.92 Å². The number of amides is 1. The van der Waals surface area contributed by atoms with Gasteiger partial charge >= 0.3 is 0 Å². The number of para-hydroxylation sites is 2. The minimum Gasteiger partial charge on any atom is -0.492 e. The summed E-state index contributed by atoms with van der Waals surface area (Å²) >= 11 is 1.72. The maximum absolute atomic E-state index is 13.0. The van der Waals surface area contributed by atoms with E-state index in [4.69, 9.17) is 4.74 Å². The average molecular weight is 385 g/mol. The minimum absolute atomic E-state index is 0.208. The van der Waals surface area contributed by atoms with E-state index in [0.29, 0.717) is 6.61 Å². The first-order valence-corrected chi connectivity index (χ1v) is 10.8. The molecule has 2 aliphatic rings. The highest BCUT2D eigenvalue weighted by Gasteiger charge is 2.27. The number of fused-ring (bicyclic) bond motifs is 1. The molecule has 1 aliphatic carbocycles. The molecule has 0 unspecified atom stereocenters. The molecule has 1 amide bonds. The lowest BCUT2D eigenvalue weighted by atomic mass is 9.90. The van der Waals surface area contributed by atoms with E-state index in [1.165, 1.54) is 16.9 Å². The Balaban J connectivity index is 1.42. The van der Waals surface area contributed by atoms with Crippen LogP contribution in [-0.4, -0.2) is 43.6 Å². The van der Waals surface area contributed by atoms with Crippen LogP contribution in [0.1, 0.15) is 40.4 Å². The molecule has 0 radical (unpaired) electrons. The second kappa shape index (κ2) is 7.93. The Bertz CT molecular complexity index is 808. The Morgan fingerprint density at radius 3 is 2.78 bits per heavy atom. The van der Waals surface area contributed by atoms with Crippen LogP contribution in [0.3, 0.4) is 0 Å². The molecule has 1 aliphatic heterocycles. The molecule has 27 heavy (non-hydrogen) atoms. The summed E-state index contributed by atoms with van der Waals surface area (Å²) in [5, 5.41) is 0. The van der Waals surface area contributed by atoms with Crippen molar-refractivity contribution in [3.63, 3.8) is 0 Å². The van der Waals surface area contributed by atoms with Crippen molar-refractivity contribution in [3.8, 4) is 5.75 Å². The molecule has 4 rings (SSSR count). The summed E-state index contributed by atoms with van der Waals surface area (Å²) in [4.78, 5) is 19.7. The third-order valence-electron chi connectivity index (χ3n) is 5.61. The smallest absolute Gasteiger partial charge is 0.264 e. The second-order valence-electron chi connectivity index (χ2n) is 7.59. The lowest BCUT2D eigenvalue weighted by molar-refractivity contribution is 0.0751. The molecule has 144 valence electrons. The topological polar surface area (TPSA) is 32.8 Å². The molecule has 4 nitrogen and oxygen atoms in total. The molecule has 2 heterocycles. The molecule has 1 atom stereocenters. The molecule has 0 N–H and O–H groups in total. The fourth-order valence-corrected chi connectivity index (χ4v) is 5.29. The van der Waals surface area contributed by atoms with Gasteiger partial charge in [-0.3, -0.25) is 4.79 Å². The minimum atomic E-state index is 0.208. The van der Waals surface area contributed by atoms with Crippen LogP contribution in [0.25, 0.3) is 0 Å². The summed E-state index contributed by atoms with van der Waals surface area (Å²) in [6.45, 7) is 8.19. The van der Waals surface area contributed by atoms with Gasteiger partial charge in [-0.1, -0.05) is 19.1 Å². The first-order valence-electron chi connectivity index (χ1n) is 10.0. The van der Waals surface area contributed by atoms with Crippen LogP contribution in [0.5, 0.6) is 5.75 Å². The first-order chi connectivity index (χ1) is 13.2. The molecular formula is C22H28N2O2S. The van der Waals surface area contributed by atoms with Crippen LogP contribution in [-0.2, 0) is 12.8 Å². The van der Waals surface area contributed by atoms with Gasteiger partial charge in [0.1, 0.15) is 5.75 Å². The van der Waals surface area contributed by atoms with Gasteiger partial charge < -0.3 is 14.5 Å². The maximum Gasteiger partial charge on any atom is 0.264 e. The largest absolute Gasteiger partial charge is 0.492 e. The van der Waals surface area contributed by atoms with Crippen molar-refractivity contribution >= 4 is 22.9 Å². The molecule has 1 aromatic carbocycles. The van der Waals surface area contributed by atoms with E-state index in [2.05, 4.69) is 24.0 Å². The number of benzene rings is 1. The number of rotatable bonds is 4. The lowest BCUT2D eigenvalue weighted by Crippen LogP contribution is -2.48. The highest BCUT2D eigenvalue weighted by Crippen LogP contribution is 2.33. The van der Waals surface area contributed by atoms with Crippen LogP contribution in [0.2, 0.25) is 0 Å². The summed E-state index contributed by atoms with van der Waals surface area (Å²) in [6, 6.07) is 10.3. The number of aryl methyl sites for hydroxylation is 1. The van der Waals surface area contributed by atoms with Crippen molar-refractivity contribution in [1.82, 2.24) is 4.90 Å². The molecule has 5 heteroatoms. The van der Waals surface area contributed by atoms with Crippen molar-refractivity contribution in [2.24, 2.45) is 5.92 Å². The fourth-order valence-electron chi connectivity index (χ4n) is 4.11. The van der Waals surface area contributed by atoms with E-state index in [0.717, 1.165) is 61.3 Å². The number of carbonyl (C=O) groups is 1. The normalized spacial score (nSPS) is 19.7. The monoisotopic (exact) mass is 384 g/mol. The standard InChI is InChI=1S/C22H28N2O2S/c1-3-26-19-7-5-4-6-18(19)23-10-12-24(13-11-23)22(25)21-15-17-14-16(2)8-9-20(17)27-21/h4-7,15-16H,3,8-14H2,1-2H3/t16-/m1/s1. The van der Waals surface area contributed by atoms with E-state index in [9.17, 15) is 4.79 Å². The van der Waals surface area contributed by atoms with E-state index >= 15 is 0 Å². The van der Waals surface area contributed by atoms with Gasteiger partial charge in [0.05, 0.1) is 17.2 Å². The molecule has 0 saturated carbocycles. The zero-order chi connectivity index (χ0) is 18.8. The van der Waals surface area contributed by atoms with Gasteiger partial charge in [-0.2, -0.15) is 0 Å². The van der Waals surface area contributed by atoms with Gasteiger partial charge in [0.25, 0.3) is 5.91 Å². The summed E-state index contributed by atoms with van der Waals surface area (Å²) < 4.78 is 5.77. The molecule has 1 aromatic heterocycles. The highest BCUT2D eigenvalue weighted by atomic mass is 32.1. The summed E-state index contributed by atoms with van der Waals surface area (Å²) in [5.74, 6) is 1.88. The number of nitrogens with zero attached hydrogens (tertiary/aromatic N) is 2. The van der Waals surface area contributed by atoms with Gasteiger partial charge in [-0.05, 0) is 55.9 Å². The van der Waals surface area contributed by atoms with Crippen LogP contribution < -0.4 is 9.64 Å². The van der Waals surface area contributed by atoms with Crippen molar-refractivity contribution in [2.75, 3.05) is 37.7 Å². The van der Waals surface area contributed by atoms with E-state index < -0.39 is 0 Å². The molecule has 1 saturated heterocycles. The maximum atomic E-state index is 13.0. The average Bonchev–Trinajstić information content (AvgIpc) is 3.11. The van der Waals surface area contributed by atoms with E-state index in [1.807, 2.05) is 30.0 Å². The summed E-state index contributed by atoms with van der Waals surface area (Å²) in [5.41, 5.74) is 2.54. The van der Waals surface area contributed by atoms with Crippen molar-refractivity contribution in [2.45, 2.75) is 33.1 Å². The number of piperazine rings is 1. The summed E-state index contributed by atoms with van der Waals surface area (Å²) in [6.07, 6.45) is 3.51. The number of carbonyl (C=O) groups excluding carboxylic acids is 1. The van der Waals surface area contributed by atoms with E-state index in [1.54, 1.807) is 11.3 Å². The van der Waals surface area contributed by atoms with Crippen molar-refractivity contribution < 1.29 is 9.53 Å². The van der Waals surface area contributed by atoms with Gasteiger partial charge in [-0.15, -0.1) is 11.3 Å². The molecular weight excluding hydrogens is 356 g/mol. The Kier molecular flexibility index (Phi) is 5.39. The van der Waals surface area contributed by atoms with Crippen LogP contribution >= 0.6 is 11.3 Å². The van der Waals surface area contributed by atoms with Gasteiger partial charge in [0.2, 0.25) is 0 Å². The predicted molar refractivity (Wildman–Crippen MR) is 111 cm³/mol. The molecule has 0 bridgehead atoms. The number of ether oxygens (including phenoxy) is 1. The fraction of sp³-hybridized carbons (Fsp3) is 0.500. The Morgan fingerprint density at radius 2 is 2.00 bits per heavy atom. The number of anilines is 1. The van der Waals surface area contributed by atoms with Crippen molar-refractivity contribution in [3.05, 3.63) is 45.6 Å². The zero-order valence-electron chi connectivity index (χ0n) is 16.2. The summed E-state index contributed by atoms with van der Waals surface area (Å²) in [7, 11) is 0. The SMILES string of the molecule is CCOc1ccccc1N1CCN(C(=O)c2cc3c(s2)CC[C@@H](C)C3)CC1. The lowest BCUT2D eigenvalue weighted by Gasteiger charge is -2.36. The molecule has 1 fully saturated rings. The molecule has 2 aromatic rings. The van der Waals surface area contributed by atoms with Gasteiger partial charge in [0, 0.05) is 31.1 Å². The highest BCUT2D eigenvalue weighted by molar-refractivity contribution is 7.14. The number of thiophene rings is 1. The van der Waals surface area contributed by atoms with Crippen LogP contribution in [0.4, 0.5) is 5.69 Å². The number of hydrogen-bond acceptors (Lipinski definition) is 4. The van der Waals surface area contributed by atoms with E-state index in [-0.39, 0.29) is 5.91 Å². The Labute approximate surface area is 165 Å². The Morgan fingerprint density at radius 1 is 1.22 bits per heavy atom. The predicted octanol–water partition coefficient (Wildman–Crippen LogP) is 4.23. The third-order valence-corrected chi connectivity index (χ3v) is 6.84. The zero-order valence-corrected chi connectivity index (χ0v) is 17.1. The number of hydrogen-bond donors (Lipinski definition) is 0. The molecule has 0 spiro atoms. The Hall–Kier alpha value is -2.01. The van der Waals surface area contributed by atoms with Gasteiger partial charge in [0.15, 0.2) is 0 Å². The quantitative estimate of drug-likeness (QED) is 0.791. The van der Waals surface area contributed by atoms with Crippen molar-refractivity contribution in [1.29, 1.82) is 0 Å².